The van der Waals surface area contributed by atoms with Crippen LogP contribution >= 0.6 is 0 Å². The van der Waals surface area contributed by atoms with E-state index in [2.05, 4.69) is 126 Å². The molecule has 6 aromatic carbocycles. The molecule has 0 spiro atoms. The lowest BCUT2D eigenvalue weighted by atomic mass is 9.93. The maximum absolute atomic E-state index is 10.9. The van der Waals surface area contributed by atoms with Crippen LogP contribution in [-0.2, 0) is 6.54 Å². The van der Waals surface area contributed by atoms with E-state index in [0.29, 0.717) is 12.1 Å². The molecule has 224 valence electrons. The molecule has 1 N–H and O–H groups in total. The van der Waals surface area contributed by atoms with Crippen molar-refractivity contribution in [2.75, 3.05) is 0 Å². The van der Waals surface area contributed by atoms with E-state index in [1.54, 1.807) is 6.07 Å². The Labute approximate surface area is 273 Å². The molecule has 4 nitrogen and oxygen atoms in total. The topological polar surface area (TPSA) is 50.9 Å². The van der Waals surface area contributed by atoms with Crippen molar-refractivity contribution in [2.45, 2.75) is 6.54 Å². The zero-order valence-electron chi connectivity index (χ0n) is 25.7. The number of phenolic OH excluding ortho intramolecular Hbond substituents is 1. The van der Waals surface area contributed by atoms with E-state index >= 15 is 0 Å². The van der Waals surface area contributed by atoms with Crippen molar-refractivity contribution in [1.82, 2.24) is 14.5 Å². The molecule has 2 aromatic heterocycles. The van der Waals surface area contributed by atoms with Crippen molar-refractivity contribution < 1.29 is 5.11 Å². The van der Waals surface area contributed by atoms with Crippen LogP contribution in [-0.4, -0.2) is 19.6 Å². The van der Waals surface area contributed by atoms with Gasteiger partial charge in [-0.15, -0.1) is 0 Å². The molecule has 0 aliphatic heterocycles. The molecule has 8 rings (SSSR count). The fourth-order valence-electron chi connectivity index (χ4n) is 6.30. The van der Waals surface area contributed by atoms with Crippen molar-refractivity contribution in [3.8, 4) is 61.8 Å². The van der Waals surface area contributed by atoms with E-state index in [-0.39, 0.29) is 5.75 Å². The molecule has 47 heavy (non-hydrogen) atoms. The minimum atomic E-state index is 0.205. The second-order valence-corrected chi connectivity index (χ2v) is 11.7. The molecule has 0 saturated heterocycles. The van der Waals surface area contributed by atoms with Gasteiger partial charge in [0, 0.05) is 23.9 Å². The molecule has 2 heterocycles. The molecule has 0 bridgehead atoms. The van der Waals surface area contributed by atoms with Gasteiger partial charge >= 0.3 is 0 Å². The third kappa shape index (κ3) is 5.58. The van der Waals surface area contributed by atoms with Gasteiger partial charge in [0.1, 0.15) is 11.6 Å². The molecule has 0 atom stereocenters. The minimum Gasteiger partial charge on any atom is -0.507 e. The Hall–Kier alpha value is -6.26. The van der Waals surface area contributed by atoms with E-state index < -0.39 is 0 Å². The number of fused-ring (bicyclic) bond motifs is 1. The molecule has 4 heteroatoms. The van der Waals surface area contributed by atoms with Crippen molar-refractivity contribution >= 4 is 11.0 Å². The van der Waals surface area contributed by atoms with Gasteiger partial charge in [-0.1, -0.05) is 115 Å². The van der Waals surface area contributed by atoms with E-state index in [1.165, 1.54) is 0 Å². The summed E-state index contributed by atoms with van der Waals surface area (Å²) in [6.45, 7) is 0.621. The first kappa shape index (κ1) is 28.2. The van der Waals surface area contributed by atoms with Gasteiger partial charge in [0.15, 0.2) is 0 Å². The molecule has 0 radical (unpaired) electrons. The average Bonchev–Trinajstić information content (AvgIpc) is 3.50. The van der Waals surface area contributed by atoms with Gasteiger partial charge < -0.3 is 9.67 Å². The first-order valence-electron chi connectivity index (χ1n) is 15.8. The number of aromatic hydroxyl groups is 1. The lowest BCUT2D eigenvalue weighted by Gasteiger charge is -2.13. The summed E-state index contributed by atoms with van der Waals surface area (Å²) >= 11 is 0. The van der Waals surface area contributed by atoms with Crippen LogP contribution < -0.4 is 0 Å². The van der Waals surface area contributed by atoms with E-state index in [0.717, 1.165) is 67.1 Å². The van der Waals surface area contributed by atoms with Gasteiger partial charge in [-0.25, -0.2) is 4.98 Å². The summed E-state index contributed by atoms with van der Waals surface area (Å²) in [6, 6.07) is 55.9. The number of imidazole rings is 1. The molecular weight excluding hydrogens is 574 g/mol. The number of hydrogen-bond donors (Lipinski definition) is 1. The number of hydrogen-bond acceptors (Lipinski definition) is 3. The predicted molar refractivity (Wildman–Crippen MR) is 192 cm³/mol. The second-order valence-electron chi connectivity index (χ2n) is 11.7. The Morgan fingerprint density at radius 3 is 1.85 bits per heavy atom. The van der Waals surface area contributed by atoms with Crippen molar-refractivity contribution in [3.63, 3.8) is 0 Å². The standard InChI is InChI=1S/C43H31N3O/c47-41-22-11-10-19-38(41)43-45-42-37(20-12-21-40(42)46(43)29-30-13-4-1-5-14-30)35-25-34(32-17-8-3-9-18-32)26-36(27-35)39-28-33(23-24-44-39)31-15-6-2-7-16-31/h1-28,47H,29H2. The molecule has 0 aliphatic carbocycles. The summed E-state index contributed by atoms with van der Waals surface area (Å²) in [5, 5.41) is 10.9. The van der Waals surface area contributed by atoms with Gasteiger partial charge in [-0.3, -0.25) is 4.98 Å². The maximum atomic E-state index is 10.9. The van der Waals surface area contributed by atoms with E-state index in [9.17, 15) is 5.11 Å². The highest BCUT2D eigenvalue weighted by Gasteiger charge is 2.19. The smallest absolute Gasteiger partial charge is 0.145 e. The van der Waals surface area contributed by atoms with E-state index in [4.69, 9.17) is 9.97 Å². The fourth-order valence-corrected chi connectivity index (χ4v) is 6.30. The maximum Gasteiger partial charge on any atom is 0.145 e. The van der Waals surface area contributed by atoms with Crippen molar-refractivity contribution in [1.29, 1.82) is 0 Å². The zero-order valence-corrected chi connectivity index (χ0v) is 25.7. The summed E-state index contributed by atoms with van der Waals surface area (Å²) in [6.07, 6.45) is 1.89. The summed E-state index contributed by atoms with van der Waals surface area (Å²) in [7, 11) is 0. The van der Waals surface area contributed by atoms with Crippen LogP contribution in [0, 0.1) is 0 Å². The minimum absolute atomic E-state index is 0.205. The van der Waals surface area contributed by atoms with Crippen molar-refractivity contribution in [3.05, 3.63) is 176 Å². The van der Waals surface area contributed by atoms with Crippen LogP contribution in [0.2, 0.25) is 0 Å². The van der Waals surface area contributed by atoms with Crippen molar-refractivity contribution in [2.24, 2.45) is 0 Å². The highest BCUT2D eigenvalue weighted by Crippen LogP contribution is 2.39. The Bertz CT molecular complexity index is 2330. The molecule has 8 aromatic rings. The van der Waals surface area contributed by atoms with Crippen LogP contribution in [0.5, 0.6) is 5.75 Å². The Morgan fingerprint density at radius 2 is 1.11 bits per heavy atom. The van der Waals surface area contributed by atoms with Crippen LogP contribution in [0.3, 0.4) is 0 Å². The van der Waals surface area contributed by atoms with Gasteiger partial charge in [-0.05, 0) is 81.9 Å². The number of rotatable bonds is 7. The highest BCUT2D eigenvalue weighted by atomic mass is 16.3. The third-order valence-electron chi connectivity index (χ3n) is 8.62. The number of phenols is 1. The SMILES string of the molecule is Oc1ccccc1-c1nc2c(-c3cc(-c4ccccc4)cc(-c4cc(-c5ccccc5)ccn4)c3)cccc2n1Cc1ccccc1. The normalized spacial score (nSPS) is 11.1. The lowest BCUT2D eigenvalue weighted by Crippen LogP contribution is -2.02. The third-order valence-corrected chi connectivity index (χ3v) is 8.62. The molecule has 0 fully saturated rings. The summed E-state index contributed by atoms with van der Waals surface area (Å²) in [4.78, 5) is 10.1. The number of para-hydroxylation sites is 2. The monoisotopic (exact) mass is 605 g/mol. The Balaban J connectivity index is 1.34. The molecular formula is C43H31N3O. The number of benzene rings is 6. The quantitative estimate of drug-likeness (QED) is 0.197. The Morgan fingerprint density at radius 1 is 0.489 bits per heavy atom. The highest BCUT2D eigenvalue weighted by molar-refractivity contribution is 5.96. The van der Waals surface area contributed by atoms with Crippen LogP contribution in [0.4, 0.5) is 0 Å². The van der Waals surface area contributed by atoms with Crippen LogP contribution in [0.15, 0.2) is 170 Å². The number of aromatic nitrogens is 3. The van der Waals surface area contributed by atoms with Gasteiger partial charge in [0.2, 0.25) is 0 Å². The largest absolute Gasteiger partial charge is 0.507 e. The second kappa shape index (κ2) is 12.3. The Kier molecular flexibility index (Phi) is 7.37. The zero-order chi connectivity index (χ0) is 31.6. The number of pyridine rings is 1. The summed E-state index contributed by atoms with van der Waals surface area (Å²) < 4.78 is 2.20. The molecule has 0 amide bonds. The average molecular weight is 606 g/mol. The number of nitrogens with zero attached hydrogens (tertiary/aromatic N) is 3. The van der Waals surface area contributed by atoms with Gasteiger partial charge in [0.05, 0.1) is 22.3 Å². The van der Waals surface area contributed by atoms with Gasteiger partial charge in [-0.2, -0.15) is 0 Å². The summed E-state index contributed by atoms with van der Waals surface area (Å²) in [5.74, 6) is 0.933. The first-order chi connectivity index (χ1) is 23.2. The first-order valence-corrected chi connectivity index (χ1v) is 15.8. The van der Waals surface area contributed by atoms with E-state index in [1.807, 2.05) is 42.6 Å². The predicted octanol–water partition coefficient (Wildman–Crippen LogP) is 10.5. The van der Waals surface area contributed by atoms with Crippen LogP contribution in [0.1, 0.15) is 5.56 Å². The lowest BCUT2D eigenvalue weighted by molar-refractivity contribution is 0.476. The fraction of sp³-hybridized carbons (Fsp3) is 0.0233. The van der Waals surface area contributed by atoms with Crippen LogP contribution in [0.25, 0.3) is 67.1 Å². The molecule has 0 saturated carbocycles. The molecule has 0 unspecified atom stereocenters. The summed E-state index contributed by atoms with van der Waals surface area (Å²) in [5.41, 5.74) is 12.2. The molecule has 0 aliphatic rings. The van der Waals surface area contributed by atoms with Gasteiger partial charge in [0.25, 0.3) is 0 Å².